The molecule has 0 aromatic rings. The molecular formula is C12H25N2. The molecule has 1 radical (unpaired) electrons. The van der Waals surface area contributed by atoms with E-state index < -0.39 is 0 Å². The van der Waals surface area contributed by atoms with E-state index in [0.29, 0.717) is 12.1 Å². The van der Waals surface area contributed by atoms with Crippen molar-refractivity contribution in [2.24, 2.45) is 0 Å². The van der Waals surface area contributed by atoms with E-state index in [1.807, 2.05) is 0 Å². The number of hydrogen-bond donors (Lipinski definition) is 2. The third-order valence-corrected chi connectivity index (χ3v) is 3.01. The molecule has 0 bridgehead atoms. The van der Waals surface area contributed by atoms with Gasteiger partial charge >= 0.3 is 0 Å². The van der Waals surface area contributed by atoms with Crippen molar-refractivity contribution in [2.45, 2.75) is 57.5 Å². The van der Waals surface area contributed by atoms with Gasteiger partial charge in [-0.15, -0.1) is 0 Å². The molecule has 1 aliphatic heterocycles. The van der Waals surface area contributed by atoms with Gasteiger partial charge in [0.15, 0.2) is 0 Å². The van der Waals surface area contributed by atoms with Gasteiger partial charge in [0.25, 0.3) is 0 Å². The molecule has 2 unspecified atom stereocenters. The molecule has 2 N–H and O–H groups in total. The van der Waals surface area contributed by atoms with Gasteiger partial charge in [0, 0.05) is 25.2 Å². The zero-order chi connectivity index (χ0) is 10.2. The third kappa shape index (κ3) is 4.43. The van der Waals surface area contributed by atoms with Gasteiger partial charge in [0.2, 0.25) is 0 Å². The fourth-order valence-electron chi connectivity index (χ4n) is 2.07. The largest absolute Gasteiger partial charge is 0.314 e. The van der Waals surface area contributed by atoms with Crippen LogP contribution in [0.1, 0.15) is 45.4 Å². The molecule has 0 aromatic heterocycles. The number of hydrogen-bond acceptors (Lipinski definition) is 2. The minimum Gasteiger partial charge on any atom is -0.314 e. The predicted octanol–water partition coefficient (Wildman–Crippen LogP) is 2.11. The summed E-state index contributed by atoms with van der Waals surface area (Å²) in [6.07, 6.45) is 7.81. The smallest absolute Gasteiger partial charge is 0.0195 e. The molecule has 1 aliphatic rings. The van der Waals surface area contributed by atoms with Gasteiger partial charge in [0.1, 0.15) is 0 Å². The Morgan fingerprint density at radius 1 is 1.14 bits per heavy atom. The molecule has 2 heteroatoms. The normalized spacial score (nSPS) is 27.9. The first-order valence-corrected chi connectivity index (χ1v) is 6.12. The van der Waals surface area contributed by atoms with Crippen molar-refractivity contribution in [3.8, 4) is 0 Å². The summed E-state index contributed by atoms with van der Waals surface area (Å²) in [5, 5.41) is 7.13. The second kappa shape index (κ2) is 7.24. The average Bonchev–Trinajstić information content (AvgIpc) is 2.25. The average molecular weight is 197 g/mol. The summed E-state index contributed by atoms with van der Waals surface area (Å²) in [6.45, 7) is 8.45. The first kappa shape index (κ1) is 12.0. The summed E-state index contributed by atoms with van der Waals surface area (Å²) < 4.78 is 0. The summed E-state index contributed by atoms with van der Waals surface area (Å²) in [4.78, 5) is 0. The Kier molecular flexibility index (Phi) is 6.20. The van der Waals surface area contributed by atoms with Crippen molar-refractivity contribution in [1.82, 2.24) is 10.6 Å². The monoisotopic (exact) mass is 197 g/mol. The SMILES string of the molecule is [CH2]CC1CNCC(CCCCCC)N1. The van der Waals surface area contributed by atoms with Crippen LogP contribution in [-0.2, 0) is 0 Å². The molecule has 2 nitrogen and oxygen atoms in total. The Labute approximate surface area is 88.8 Å². The molecule has 14 heavy (non-hydrogen) atoms. The Bertz CT molecular complexity index is 136. The third-order valence-electron chi connectivity index (χ3n) is 3.01. The number of unbranched alkanes of at least 4 members (excludes halogenated alkanes) is 3. The lowest BCUT2D eigenvalue weighted by molar-refractivity contribution is 0.319. The van der Waals surface area contributed by atoms with Crippen LogP contribution >= 0.6 is 0 Å². The van der Waals surface area contributed by atoms with Crippen molar-refractivity contribution in [2.75, 3.05) is 13.1 Å². The maximum Gasteiger partial charge on any atom is 0.0195 e. The van der Waals surface area contributed by atoms with Gasteiger partial charge in [-0.25, -0.2) is 0 Å². The molecule has 0 spiro atoms. The van der Waals surface area contributed by atoms with Crippen molar-refractivity contribution >= 4 is 0 Å². The van der Waals surface area contributed by atoms with E-state index in [1.165, 1.54) is 32.1 Å². The van der Waals surface area contributed by atoms with E-state index in [1.54, 1.807) is 0 Å². The van der Waals surface area contributed by atoms with Crippen LogP contribution in [0.25, 0.3) is 0 Å². The van der Waals surface area contributed by atoms with Crippen LogP contribution in [0.5, 0.6) is 0 Å². The predicted molar refractivity (Wildman–Crippen MR) is 62.3 cm³/mol. The number of piperazine rings is 1. The van der Waals surface area contributed by atoms with Gasteiger partial charge in [-0.3, -0.25) is 0 Å². The van der Waals surface area contributed by atoms with Crippen molar-refractivity contribution in [3.63, 3.8) is 0 Å². The minimum atomic E-state index is 0.597. The Hall–Kier alpha value is -0.0800. The summed E-state index contributed by atoms with van der Waals surface area (Å²) in [5.74, 6) is 0. The quantitative estimate of drug-likeness (QED) is 0.637. The molecule has 1 saturated heterocycles. The van der Waals surface area contributed by atoms with Crippen molar-refractivity contribution in [3.05, 3.63) is 6.92 Å². The first-order chi connectivity index (χ1) is 6.86. The van der Waals surface area contributed by atoms with Crippen LogP contribution < -0.4 is 10.6 Å². The Balaban J connectivity index is 2.05. The van der Waals surface area contributed by atoms with Gasteiger partial charge in [-0.1, -0.05) is 39.5 Å². The molecule has 0 saturated carbocycles. The summed E-state index contributed by atoms with van der Waals surface area (Å²) in [7, 11) is 0. The van der Waals surface area contributed by atoms with E-state index in [0.717, 1.165) is 19.5 Å². The van der Waals surface area contributed by atoms with Crippen LogP contribution in [0.15, 0.2) is 0 Å². The zero-order valence-electron chi connectivity index (χ0n) is 9.52. The fraction of sp³-hybridized carbons (Fsp3) is 0.917. The first-order valence-electron chi connectivity index (χ1n) is 6.12. The lowest BCUT2D eigenvalue weighted by atomic mass is 10.0. The summed E-state index contributed by atoms with van der Waals surface area (Å²) >= 11 is 0. The minimum absolute atomic E-state index is 0.597. The van der Waals surface area contributed by atoms with Crippen molar-refractivity contribution in [1.29, 1.82) is 0 Å². The molecule has 83 valence electrons. The van der Waals surface area contributed by atoms with Gasteiger partial charge in [-0.05, 0) is 12.8 Å². The zero-order valence-corrected chi connectivity index (χ0v) is 9.52. The fourth-order valence-corrected chi connectivity index (χ4v) is 2.07. The van der Waals surface area contributed by atoms with Gasteiger partial charge in [-0.2, -0.15) is 0 Å². The Morgan fingerprint density at radius 2 is 1.93 bits per heavy atom. The van der Waals surface area contributed by atoms with Crippen LogP contribution in [0.3, 0.4) is 0 Å². The highest BCUT2D eigenvalue weighted by molar-refractivity contribution is 4.83. The highest BCUT2D eigenvalue weighted by Gasteiger charge is 2.18. The maximum absolute atomic E-state index is 3.95. The summed E-state index contributed by atoms with van der Waals surface area (Å²) in [5.41, 5.74) is 0. The van der Waals surface area contributed by atoms with E-state index in [-0.39, 0.29) is 0 Å². The van der Waals surface area contributed by atoms with E-state index in [2.05, 4.69) is 24.5 Å². The van der Waals surface area contributed by atoms with E-state index >= 15 is 0 Å². The number of rotatable bonds is 6. The molecule has 2 atom stereocenters. The second-order valence-electron chi connectivity index (χ2n) is 4.36. The van der Waals surface area contributed by atoms with E-state index in [4.69, 9.17) is 0 Å². The molecule has 1 rings (SSSR count). The van der Waals surface area contributed by atoms with E-state index in [9.17, 15) is 0 Å². The van der Waals surface area contributed by atoms with Crippen molar-refractivity contribution < 1.29 is 0 Å². The Morgan fingerprint density at radius 3 is 2.64 bits per heavy atom. The topological polar surface area (TPSA) is 24.1 Å². The second-order valence-corrected chi connectivity index (χ2v) is 4.36. The summed E-state index contributed by atoms with van der Waals surface area (Å²) in [6, 6.07) is 1.28. The van der Waals surface area contributed by atoms with Gasteiger partial charge < -0.3 is 10.6 Å². The van der Waals surface area contributed by atoms with Crippen LogP contribution in [0.2, 0.25) is 0 Å². The molecule has 1 heterocycles. The molecular weight excluding hydrogens is 172 g/mol. The van der Waals surface area contributed by atoms with Gasteiger partial charge in [0.05, 0.1) is 0 Å². The highest BCUT2D eigenvalue weighted by Crippen LogP contribution is 2.08. The molecule has 0 aliphatic carbocycles. The maximum atomic E-state index is 3.95. The lowest BCUT2D eigenvalue weighted by Gasteiger charge is -2.31. The standard InChI is InChI=1S/C12H25N2/c1-3-5-6-7-8-12-10-13-9-11(4-2)14-12/h11-14H,2-10H2,1H3. The van der Waals surface area contributed by atoms with Crippen LogP contribution in [0.4, 0.5) is 0 Å². The van der Waals surface area contributed by atoms with Crippen LogP contribution in [0, 0.1) is 6.92 Å². The van der Waals surface area contributed by atoms with Crippen LogP contribution in [-0.4, -0.2) is 25.2 Å². The number of nitrogens with one attached hydrogen (secondary N) is 2. The molecule has 0 aromatic carbocycles. The highest BCUT2D eigenvalue weighted by atomic mass is 15.1. The molecule has 1 fully saturated rings. The molecule has 0 amide bonds. The lowest BCUT2D eigenvalue weighted by Crippen LogP contribution is -2.54.